The molecule has 0 unspecified atom stereocenters. The van der Waals surface area contributed by atoms with E-state index >= 15 is 0 Å². The Morgan fingerprint density at radius 3 is 2.12 bits per heavy atom. The van der Waals surface area contributed by atoms with Crippen LogP contribution in [0, 0.1) is 0 Å². The average molecular weight is 260 g/mol. The minimum atomic E-state index is -6.26. The summed E-state index contributed by atoms with van der Waals surface area (Å²) in [6.07, 6.45) is 2.39. The molecule has 0 aliphatic heterocycles. The summed E-state index contributed by atoms with van der Waals surface area (Å²) >= 11 is 0. The Hall–Kier alpha value is -0.790. The highest BCUT2D eigenvalue weighted by Gasteiger charge is 2.56. The van der Waals surface area contributed by atoms with Crippen molar-refractivity contribution in [3.63, 3.8) is 0 Å². The normalized spacial score (nSPS) is 19.4. The molecule has 0 spiro atoms. The van der Waals surface area contributed by atoms with E-state index in [4.69, 9.17) is 0 Å². The van der Waals surface area contributed by atoms with Crippen molar-refractivity contribution in [3.8, 4) is 0 Å². The summed E-state index contributed by atoms with van der Waals surface area (Å²) in [5.41, 5.74) is 0. The van der Waals surface area contributed by atoms with Crippen LogP contribution in [0.2, 0.25) is 0 Å². The standard InChI is InChI=1S/C8H11F3O4S/c9-8(10,16(11,13)14)7(12)15-6-4-2-1-3-5-6/h6H,1-5H2. The zero-order valence-corrected chi connectivity index (χ0v) is 9.10. The van der Waals surface area contributed by atoms with E-state index in [2.05, 4.69) is 4.74 Å². The lowest BCUT2D eigenvalue weighted by atomic mass is 9.98. The van der Waals surface area contributed by atoms with Crippen LogP contribution in [-0.2, 0) is 19.8 Å². The fraction of sp³-hybridized carbons (Fsp3) is 0.875. The molecule has 0 aromatic carbocycles. The van der Waals surface area contributed by atoms with Gasteiger partial charge in [-0.05, 0) is 25.7 Å². The van der Waals surface area contributed by atoms with E-state index in [-0.39, 0.29) is 0 Å². The van der Waals surface area contributed by atoms with Gasteiger partial charge in [-0.1, -0.05) is 10.3 Å². The number of esters is 1. The summed E-state index contributed by atoms with van der Waals surface area (Å²) in [5.74, 6) is -2.33. The number of carbonyl (C=O) groups is 1. The molecule has 16 heavy (non-hydrogen) atoms. The maximum Gasteiger partial charge on any atom is 0.470 e. The summed E-state index contributed by atoms with van der Waals surface area (Å²) in [7, 11) is -6.26. The largest absolute Gasteiger partial charge is 0.470 e. The maximum absolute atomic E-state index is 12.6. The molecule has 1 aliphatic carbocycles. The fourth-order valence-corrected chi connectivity index (χ4v) is 1.75. The molecule has 0 saturated heterocycles. The van der Waals surface area contributed by atoms with Gasteiger partial charge in [-0.25, -0.2) is 4.79 Å². The van der Waals surface area contributed by atoms with Crippen LogP contribution in [0.15, 0.2) is 0 Å². The first-order valence-electron chi connectivity index (χ1n) is 4.78. The first-order chi connectivity index (χ1) is 7.25. The number of rotatable bonds is 3. The molecule has 1 aliphatic rings. The summed E-state index contributed by atoms with van der Waals surface area (Å²) in [6.45, 7) is 0. The van der Waals surface area contributed by atoms with Crippen LogP contribution < -0.4 is 0 Å². The predicted molar refractivity (Wildman–Crippen MR) is 47.9 cm³/mol. The number of halogens is 3. The van der Waals surface area contributed by atoms with Crippen molar-refractivity contribution in [2.75, 3.05) is 0 Å². The highest BCUT2D eigenvalue weighted by molar-refractivity contribution is 7.88. The molecule has 0 heterocycles. The van der Waals surface area contributed by atoms with Crippen LogP contribution >= 0.6 is 0 Å². The van der Waals surface area contributed by atoms with Gasteiger partial charge < -0.3 is 4.74 Å². The van der Waals surface area contributed by atoms with Crippen molar-refractivity contribution in [2.45, 2.75) is 43.5 Å². The Labute approximate surface area is 91.0 Å². The van der Waals surface area contributed by atoms with Crippen molar-refractivity contribution in [3.05, 3.63) is 0 Å². The molecule has 8 heteroatoms. The van der Waals surface area contributed by atoms with E-state index in [0.29, 0.717) is 25.7 Å². The van der Waals surface area contributed by atoms with Crippen LogP contribution in [0.4, 0.5) is 12.7 Å². The van der Waals surface area contributed by atoms with Crippen LogP contribution in [0.25, 0.3) is 0 Å². The average Bonchev–Trinajstić information content (AvgIpc) is 2.17. The van der Waals surface area contributed by atoms with E-state index in [1.807, 2.05) is 0 Å². The topological polar surface area (TPSA) is 60.4 Å². The molecule has 0 N–H and O–H groups in total. The van der Waals surface area contributed by atoms with E-state index < -0.39 is 27.6 Å². The van der Waals surface area contributed by atoms with Gasteiger partial charge in [-0.2, -0.15) is 17.2 Å². The van der Waals surface area contributed by atoms with E-state index in [9.17, 15) is 25.9 Å². The summed E-state index contributed by atoms with van der Waals surface area (Å²) < 4.78 is 61.7. The van der Waals surface area contributed by atoms with Crippen LogP contribution in [-0.4, -0.2) is 25.7 Å². The summed E-state index contributed by atoms with van der Waals surface area (Å²) in [4.78, 5) is 10.8. The van der Waals surface area contributed by atoms with E-state index in [0.717, 1.165) is 6.42 Å². The van der Waals surface area contributed by atoms with Gasteiger partial charge in [0, 0.05) is 0 Å². The molecule has 0 aromatic heterocycles. The van der Waals surface area contributed by atoms with Crippen LogP contribution in [0.3, 0.4) is 0 Å². The molecule has 0 atom stereocenters. The Morgan fingerprint density at radius 2 is 1.69 bits per heavy atom. The van der Waals surface area contributed by atoms with Crippen LogP contribution in [0.5, 0.6) is 0 Å². The Morgan fingerprint density at radius 1 is 1.19 bits per heavy atom. The monoisotopic (exact) mass is 260 g/mol. The lowest BCUT2D eigenvalue weighted by Gasteiger charge is -2.23. The van der Waals surface area contributed by atoms with Crippen LogP contribution in [0.1, 0.15) is 32.1 Å². The Kier molecular flexibility index (Phi) is 3.82. The molecule has 0 bridgehead atoms. The molecular formula is C8H11F3O4S. The highest BCUT2D eigenvalue weighted by atomic mass is 32.3. The van der Waals surface area contributed by atoms with E-state index in [1.165, 1.54) is 0 Å². The quantitative estimate of drug-likeness (QED) is 0.573. The van der Waals surface area contributed by atoms with Gasteiger partial charge in [0.2, 0.25) is 0 Å². The van der Waals surface area contributed by atoms with Crippen molar-refractivity contribution in [1.29, 1.82) is 0 Å². The molecule has 94 valence electrons. The molecule has 1 saturated carbocycles. The van der Waals surface area contributed by atoms with Crippen molar-refractivity contribution >= 4 is 16.2 Å². The third-order valence-corrected chi connectivity index (χ3v) is 3.15. The number of ether oxygens (including phenoxy) is 1. The number of alkyl halides is 2. The zero-order valence-electron chi connectivity index (χ0n) is 8.29. The lowest BCUT2D eigenvalue weighted by molar-refractivity contribution is -0.168. The lowest BCUT2D eigenvalue weighted by Crippen LogP contribution is -2.39. The van der Waals surface area contributed by atoms with Gasteiger partial charge in [-0.3, -0.25) is 0 Å². The second-order valence-electron chi connectivity index (χ2n) is 3.62. The molecule has 0 aromatic rings. The van der Waals surface area contributed by atoms with Gasteiger partial charge in [-0.15, -0.1) is 0 Å². The minimum Gasteiger partial charge on any atom is -0.457 e. The Balaban J connectivity index is 2.64. The van der Waals surface area contributed by atoms with Gasteiger partial charge in [0.05, 0.1) is 0 Å². The van der Waals surface area contributed by atoms with Gasteiger partial charge in [0.15, 0.2) is 0 Å². The molecule has 1 fully saturated rings. The number of hydrogen-bond acceptors (Lipinski definition) is 4. The number of hydrogen-bond donors (Lipinski definition) is 0. The maximum atomic E-state index is 12.6. The predicted octanol–water partition coefficient (Wildman–Crippen LogP) is 1.75. The molecule has 0 radical (unpaired) electrons. The first-order valence-corrected chi connectivity index (χ1v) is 6.16. The number of carbonyl (C=O) groups excluding carboxylic acids is 1. The summed E-state index contributed by atoms with van der Waals surface area (Å²) in [5, 5.41) is -5.11. The SMILES string of the molecule is O=C(OC1CCCCC1)C(F)(F)S(=O)(=O)F. The van der Waals surface area contributed by atoms with Crippen molar-refractivity contribution in [1.82, 2.24) is 0 Å². The Bertz CT molecular complexity index is 359. The zero-order chi connectivity index (χ0) is 12.4. The molecule has 1 rings (SSSR count). The highest BCUT2D eigenvalue weighted by Crippen LogP contribution is 2.28. The van der Waals surface area contributed by atoms with E-state index in [1.54, 1.807) is 0 Å². The third kappa shape index (κ3) is 2.87. The van der Waals surface area contributed by atoms with Gasteiger partial charge >= 0.3 is 21.4 Å². The molecule has 0 amide bonds. The van der Waals surface area contributed by atoms with Crippen molar-refractivity contribution in [2.24, 2.45) is 0 Å². The summed E-state index contributed by atoms with van der Waals surface area (Å²) in [6, 6.07) is 0. The first kappa shape index (κ1) is 13.3. The fourth-order valence-electron chi connectivity index (χ4n) is 1.50. The molecular weight excluding hydrogens is 249 g/mol. The van der Waals surface area contributed by atoms with Gasteiger partial charge in [0.1, 0.15) is 6.10 Å². The second kappa shape index (κ2) is 4.60. The second-order valence-corrected chi connectivity index (χ2v) is 5.01. The van der Waals surface area contributed by atoms with Gasteiger partial charge in [0.25, 0.3) is 0 Å². The third-order valence-electron chi connectivity index (χ3n) is 2.37. The van der Waals surface area contributed by atoms with Crippen molar-refractivity contribution < 1.29 is 30.6 Å². The minimum absolute atomic E-state index is 0.397. The molecule has 4 nitrogen and oxygen atoms in total. The smallest absolute Gasteiger partial charge is 0.457 e.